The zero-order chi connectivity index (χ0) is 14.7. The topological polar surface area (TPSA) is 36.1 Å². The summed E-state index contributed by atoms with van der Waals surface area (Å²) in [6.45, 7) is 0. The quantitative estimate of drug-likeness (QED) is 0.692. The highest BCUT2D eigenvalue weighted by molar-refractivity contribution is 9.12. The molecule has 0 aliphatic heterocycles. The third kappa shape index (κ3) is 3.15. The van der Waals surface area contributed by atoms with E-state index in [1.54, 1.807) is 17.6 Å². The Morgan fingerprint density at radius 2 is 2.10 bits per heavy atom. The van der Waals surface area contributed by atoms with Crippen LogP contribution in [-0.4, -0.2) is 6.21 Å². The molecule has 2 aromatic rings. The average Bonchev–Trinajstić information content (AvgIpc) is 3.06. The molecular formula is C17H13BrN2S. The van der Waals surface area contributed by atoms with Gasteiger partial charge in [0.15, 0.2) is 0 Å². The molecule has 0 atom stereocenters. The smallest absolute Gasteiger partial charge is 0.134 e. The minimum absolute atomic E-state index is 0.767. The molecule has 104 valence electrons. The lowest BCUT2D eigenvalue weighted by Crippen LogP contribution is -1.80. The van der Waals surface area contributed by atoms with Gasteiger partial charge in [-0.15, -0.1) is 11.3 Å². The van der Waals surface area contributed by atoms with Gasteiger partial charge in [0.1, 0.15) is 11.1 Å². The normalized spacial score (nSPS) is 14.4. The molecule has 0 saturated heterocycles. The zero-order valence-corrected chi connectivity index (χ0v) is 13.7. The SMILES string of the molecule is N#Cc1c(N=C/C(Br)=C/c2ccccc2)sc2c1CCC2. The first-order chi connectivity index (χ1) is 10.3. The average molecular weight is 357 g/mol. The molecule has 1 aliphatic rings. The van der Waals surface area contributed by atoms with Crippen LogP contribution in [0.25, 0.3) is 6.08 Å². The lowest BCUT2D eigenvalue weighted by Gasteiger charge is -1.94. The summed E-state index contributed by atoms with van der Waals surface area (Å²) in [5, 5.41) is 10.2. The number of allylic oxidation sites excluding steroid dienone is 1. The fraction of sp³-hybridized carbons (Fsp3) is 0.176. The molecule has 0 amide bonds. The van der Waals surface area contributed by atoms with Crippen LogP contribution in [0.1, 0.15) is 28.0 Å². The second-order valence-electron chi connectivity index (χ2n) is 4.85. The van der Waals surface area contributed by atoms with Crippen molar-refractivity contribution in [1.82, 2.24) is 0 Å². The van der Waals surface area contributed by atoms with Gasteiger partial charge in [0, 0.05) is 15.6 Å². The molecular weight excluding hydrogens is 344 g/mol. The predicted octanol–water partition coefficient (Wildman–Crippen LogP) is 5.25. The summed E-state index contributed by atoms with van der Waals surface area (Å²) in [5.74, 6) is 0. The number of hydrogen-bond acceptors (Lipinski definition) is 3. The molecule has 0 fully saturated rings. The first kappa shape index (κ1) is 14.2. The van der Waals surface area contributed by atoms with E-state index in [-0.39, 0.29) is 0 Å². The van der Waals surface area contributed by atoms with Gasteiger partial charge in [-0.25, -0.2) is 4.99 Å². The standard InChI is InChI=1S/C17H13BrN2S/c18-13(9-12-5-2-1-3-6-12)11-20-17-15(10-19)14-7-4-8-16(14)21-17/h1-3,5-6,9,11H,4,7-8H2/b13-9-,20-11?. The lowest BCUT2D eigenvalue weighted by atomic mass is 10.1. The number of rotatable bonds is 3. The van der Waals surface area contributed by atoms with Crippen molar-refractivity contribution in [2.75, 3.05) is 0 Å². The number of benzene rings is 1. The number of thiophene rings is 1. The van der Waals surface area contributed by atoms with Gasteiger partial charge < -0.3 is 0 Å². The van der Waals surface area contributed by atoms with Gasteiger partial charge in [-0.05, 0) is 52.4 Å². The molecule has 0 N–H and O–H groups in total. The predicted molar refractivity (Wildman–Crippen MR) is 92.6 cm³/mol. The molecule has 0 bridgehead atoms. The minimum Gasteiger partial charge on any atom is -0.243 e. The van der Waals surface area contributed by atoms with Gasteiger partial charge in [0.05, 0.1) is 5.56 Å². The summed E-state index contributed by atoms with van der Waals surface area (Å²) < 4.78 is 0.895. The number of nitriles is 1. The molecule has 2 nitrogen and oxygen atoms in total. The molecule has 1 aliphatic carbocycles. The van der Waals surface area contributed by atoms with Crippen molar-refractivity contribution in [3.05, 3.63) is 56.4 Å². The molecule has 0 saturated carbocycles. The fourth-order valence-corrected chi connectivity index (χ4v) is 4.01. The van der Waals surface area contributed by atoms with Crippen molar-refractivity contribution in [1.29, 1.82) is 5.26 Å². The highest BCUT2D eigenvalue weighted by Crippen LogP contribution is 2.40. The van der Waals surface area contributed by atoms with Gasteiger partial charge in [-0.1, -0.05) is 30.3 Å². The van der Waals surface area contributed by atoms with Crippen LogP contribution in [0.4, 0.5) is 5.00 Å². The van der Waals surface area contributed by atoms with E-state index in [2.05, 4.69) is 27.0 Å². The number of halogens is 1. The van der Waals surface area contributed by atoms with Crippen molar-refractivity contribution < 1.29 is 0 Å². The van der Waals surface area contributed by atoms with Crippen LogP contribution in [0.15, 0.2) is 39.8 Å². The molecule has 21 heavy (non-hydrogen) atoms. The maximum absolute atomic E-state index is 9.33. The molecule has 1 heterocycles. The summed E-state index contributed by atoms with van der Waals surface area (Å²) in [5.41, 5.74) is 3.10. The largest absolute Gasteiger partial charge is 0.243 e. The number of aryl methyl sites for hydroxylation is 1. The van der Waals surface area contributed by atoms with Gasteiger partial charge in [-0.2, -0.15) is 5.26 Å². The Hall–Kier alpha value is -1.70. The van der Waals surface area contributed by atoms with Crippen molar-refractivity contribution in [3.8, 4) is 6.07 Å². The van der Waals surface area contributed by atoms with Crippen LogP contribution in [-0.2, 0) is 12.8 Å². The van der Waals surface area contributed by atoms with Gasteiger partial charge >= 0.3 is 0 Å². The van der Waals surface area contributed by atoms with Crippen LogP contribution in [0.2, 0.25) is 0 Å². The molecule has 3 rings (SSSR count). The van der Waals surface area contributed by atoms with E-state index in [9.17, 15) is 5.26 Å². The molecule has 1 aromatic carbocycles. The van der Waals surface area contributed by atoms with E-state index in [4.69, 9.17) is 0 Å². The van der Waals surface area contributed by atoms with Crippen LogP contribution >= 0.6 is 27.3 Å². The Morgan fingerprint density at radius 1 is 1.29 bits per heavy atom. The van der Waals surface area contributed by atoms with Gasteiger partial charge in [0.2, 0.25) is 0 Å². The van der Waals surface area contributed by atoms with Crippen LogP contribution in [0.5, 0.6) is 0 Å². The number of fused-ring (bicyclic) bond motifs is 1. The van der Waals surface area contributed by atoms with Crippen molar-refractivity contribution in [3.63, 3.8) is 0 Å². The Labute approximate surface area is 136 Å². The monoisotopic (exact) mass is 356 g/mol. The summed E-state index contributed by atoms with van der Waals surface area (Å²) in [4.78, 5) is 5.83. The van der Waals surface area contributed by atoms with E-state index < -0.39 is 0 Å². The summed E-state index contributed by atoms with van der Waals surface area (Å²) in [6.07, 6.45) is 7.06. The van der Waals surface area contributed by atoms with Crippen LogP contribution in [0, 0.1) is 11.3 Å². The second kappa shape index (κ2) is 6.38. The third-order valence-corrected chi connectivity index (χ3v) is 5.06. The van der Waals surface area contributed by atoms with Crippen molar-refractivity contribution in [2.45, 2.75) is 19.3 Å². The van der Waals surface area contributed by atoms with E-state index in [1.165, 1.54) is 10.4 Å². The molecule has 0 unspecified atom stereocenters. The van der Waals surface area contributed by atoms with E-state index >= 15 is 0 Å². The third-order valence-electron chi connectivity index (χ3n) is 3.42. The Kier molecular flexibility index (Phi) is 4.33. The Balaban J connectivity index is 1.84. The van der Waals surface area contributed by atoms with Gasteiger partial charge in [0.25, 0.3) is 0 Å². The van der Waals surface area contributed by atoms with Crippen molar-refractivity contribution in [2.24, 2.45) is 4.99 Å². The summed E-state index contributed by atoms with van der Waals surface area (Å²) in [6, 6.07) is 12.4. The second-order valence-corrected chi connectivity index (χ2v) is 6.85. The lowest BCUT2D eigenvalue weighted by molar-refractivity contribution is 0.913. The van der Waals surface area contributed by atoms with Crippen molar-refractivity contribution >= 4 is 44.6 Å². The number of aliphatic imine (C=N–C) groups is 1. The highest BCUT2D eigenvalue weighted by atomic mass is 79.9. The van der Waals surface area contributed by atoms with E-state index in [0.717, 1.165) is 39.9 Å². The Morgan fingerprint density at radius 3 is 2.86 bits per heavy atom. The first-order valence-corrected chi connectivity index (χ1v) is 8.40. The van der Waals surface area contributed by atoms with E-state index in [1.807, 2.05) is 36.4 Å². The van der Waals surface area contributed by atoms with Gasteiger partial charge in [-0.3, -0.25) is 0 Å². The maximum Gasteiger partial charge on any atom is 0.134 e. The fourth-order valence-electron chi connectivity index (χ4n) is 2.46. The molecule has 0 radical (unpaired) electrons. The zero-order valence-electron chi connectivity index (χ0n) is 11.3. The summed E-state index contributed by atoms with van der Waals surface area (Å²) in [7, 11) is 0. The maximum atomic E-state index is 9.33. The molecule has 1 aromatic heterocycles. The highest BCUT2D eigenvalue weighted by Gasteiger charge is 2.21. The number of nitrogens with zero attached hydrogens (tertiary/aromatic N) is 2. The Bertz CT molecular complexity index is 751. The number of hydrogen-bond donors (Lipinski definition) is 0. The van der Waals surface area contributed by atoms with E-state index in [0.29, 0.717) is 0 Å². The first-order valence-electron chi connectivity index (χ1n) is 6.79. The van der Waals surface area contributed by atoms with Crippen LogP contribution in [0.3, 0.4) is 0 Å². The summed E-state index contributed by atoms with van der Waals surface area (Å²) >= 11 is 5.16. The molecule has 0 spiro atoms. The molecule has 4 heteroatoms. The minimum atomic E-state index is 0.767. The van der Waals surface area contributed by atoms with Crippen LogP contribution < -0.4 is 0 Å².